The van der Waals surface area contributed by atoms with Crippen molar-refractivity contribution in [2.75, 3.05) is 0 Å². The first-order valence-corrected chi connectivity index (χ1v) is 9.59. The van der Waals surface area contributed by atoms with Gasteiger partial charge in [0.15, 0.2) is 0 Å². The van der Waals surface area contributed by atoms with Crippen molar-refractivity contribution in [2.24, 2.45) is 29.1 Å². The molecule has 1 amide bonds. The molecule has 2 bridgehead atoms. The van der Waals surface area contributed by atoms with Crippen LogP contribution in [0.5, 0.6) is 0 Å². The van der Waals surface area contributed by atoms with Crippen molar-refractivity contribution in [2.45, 2.75) is 51.0 Å². The lowest BCUT2D eigenvalue weighted by Gasteiger charge is -2.29. The Balaban J connectivity index is 1.41. The molecule has 5 rings (SSSR count). The van der Waals surface area contributed by atoms with Gasteiger partial charge < -0.3 is 10.4 Å². The fraction of sp³-hybridized carbons (Fsp3) is 0.619. The molecule has 4 saturated carbocycles. The summed E-state index contributed by atoms with van der Waals surface area (Å²) in [5, 5.41) is 13.1. The van der Waals surface area contributed by atoms with Gasteiger partial charge in [-0.25, -0.2) is 0 Å². The number of rotatable bonds is 4. The number of carboxylic acids is 1. The van der Waals surface area contributed by atoms with E-state index in [1.54, 1.807) is 0 Å². The molecular weight excluding hydrogens is 314 g/mol. The van der Waals surface area contributed by atoms with Crippen LogP contribution in [0.3, 0.4) is 0 Å². The van der Waals surface area contributed by atoms with E-state index in [2.05, 4.69) is 36.5 Å². The molecule has 1 spiro atoms. The first kappa shape index (κ1) is 15.4. The molecule has 25 heavy (non-hydrogen) atoms. The van der Waals surface area contributed by atoms with Gasteiger partial charge in [0, 0.05) is 0 Å². The molecule has 4 atom stereocenters. The van der Waals surface area contributed by atoms with Crippen LogP contribution in [0.15, 0.2) is 24.3 Å². The molecule has 0 radical (unpaired) electrons. The second-order valence-electron chi connectivity index (χ2n) is 8.85. The van der Waals surface area contributed by atoms with Crippen molar-refractivity contribution < 1.29 is 14.7 Å². The third-order valence-electron chi connectivity index (χ3n) is 7.65. The van der Waals surface area contributed by atoms with E-state index in [1.807, 2.05) is 0 Å². The van der Waals surface area contributed by atoms with Crippen LogP contribution in [0.2, 0.25) is 0 Å². The molecule has 4 aliphatic carbocycles. The number of amides is 1. The first-order valence-electron chi connectivity index (χ1n) is 9.59. The largest absolute Gasteiger partial charge is 0.481 e. The van der Waals surface area contributed by atoms with E-state index in [1.165, 1.54) is 5.56 Å². The fourth-order valence-corrected chi connectivity index (χ4v) is 6.14. The SMILES string of the molecule is Cc1ccc(C2(NC(=O)C3C(C(=O)O)C4CCC3C43CC3)CC2)cc1. The highest BCUT2D eigenvalue weighted by atomic mass is 16.4. The lowest BCUT2D eigenvalue weighted by molar-refractivity contribution is -0.149. The van der Waals surface area contributed by atoms with Gasteiger partial charge in [-0.3, -0.25) is 9.59 Å². The zero-order valence-corrected chi connectivity index (χ0v) is 14.6. The van der Waals surface area contributed by atoms with Gasteiger partial charge in [-0.2, -0.15) is 0 Å². The minimum absolute atomic E-state index is 0.0102. The Hall–Kier alpha value is -1.84. The van der Waals surface area contributed by atoms with E-state index in [-0.39, 0.29) is 34.6 Å². The number of carbonyl (C=O) groups is 2. The highest BCUT2D eigenvalue weighted by molar-refractivity contribution is 5.87. The molecule has 1 aromatic carbocycles. The molecule has 2 N–H and O–H groups in total. The van der Waals surface area contributed by atoms with E-state index >= 15 is 0 Å². The van der Waals surface area contributed by atoms with E-state index in [0.29, 0.717) is 0 Å². The summed E-state index contributed by atoms with van der Waals surface area (Å²) in [7, 11) is 0. The van der Waals surface area contributed by atoms with E-state index < -0.39 is 11.9 Å². The molecule has 0 aromatic heterocycles. The molecule has 4 unspecified atom stereocenters. The zero-order chi connectivity index (χ0) is 17.4. The topological polar surface area (TPSA) is 66.4 Å². The van der Waals surface area contributed by atoms with Gasteiger partial charge in [0.2, 0.25) is 5.91 Å². The number of carbonyl (C=O) groups excluding carboxylic acids is 1. The molecule has 4 fully saturated rings. The number of nitrogens with one attached hydrogen (secondary N) is 1. The van der Waals surface area contributed by atoms with Crippen LogP contribution >= 0.6 is 0 Å². The number of benzene rings is 1. The smallest absolute Gasteiger partial charge is 0.307 e. The highest BCUT2D eigenvalue weighted by Crippen LogP contribution is 2.74. The maximum absolute atomic E-state index is 13.2. The number of aliphatic carboxylic acids is 1. The Morgan fingerprint density at radius 1 is 1.00 bits per heavy atom. The van der Waals surface area contributed by atoms with Crippen molar-refractivity contribution in [1.29, 1.82) is 0 Å². The van der Waals surface area contributed by atoms with Crippen molar-refractivity contribution >= 4 is 11.9 Å². The first-order chi connectivity index (χ1) is 12.0. The van der Waals surface area contributed by atoms with Crippen LogP contribution < -0.4 is 5.32 Å². The van der Waals surface area contributed by atoms with Crippen LogP contribution in [0.4, 0.5) is 0 Å². The van der Waals surface area contributed by atoms with Gasteiger partial charge in [0.25, 0.3) is 0 Å². The minimum Gasteiger partial charge on any atom is -0.481 e. The quantitative estimate of drug-likeness (QED) is 0.885. The van der Waals surface area contributed by atoms with Crippen molar-refractivity contribution in [3.05, 3.63) is 35.4 Å². The molecule has 1 aromatic rings. The van der Waals surface area contributed by atoms with Gasteiger partial charge in [-0.05, 0) is 68.3 Å². The normalized spacial score (nSPS) is 35.6. The van der Waals surface area contributed by atoms with Crippen LogP contribution in [0.25, 0.3) is 0 Å². The number of carboxylic acid groups (broad SMARTS) is 1. The van der Waals surface area contributed by atoms with Crippen molar-refractivity contribution in [1.82, 2.24) is 5.32 Å². The molecular formula is C21H25NO3. The predicted molar refractivity (Wildman–Crippen MR) is 92.7 cm³/mol. The number of hydrogen-bond acceptors (Lipinski definition) is 2. The third-order valence-corrected chi connectivity index (χ3v) is 7.65. The maximum Gasteiger partial charge on any atom is 0.307 e. The second kappa shape index (κ2) is 4.87. The van der Waals surface area contributed by atoms with Crippen LogP contribution in [-0.4, -0.2) is 17.0 Å². The molecule has 0 heterocycles. The standard InChI is InChI=1S/C21H25NO3/c1-12-2-4-13(5-3-12)21(10-11-21)22-18(23)16-14-6-7-15(17(16)19(24)25)20(14)8-9-20/h2-5,14-17H,6-11H2,1H3,(H,22,23)(H,24,25). The average Bonchev–Trinajstić information content (AvgIpc) is 3.47. The van der Waals surface area contributed by atoms with Crippen LogP contribution in [0, 0.1) is 36.0 Å². The number of aryl methyl sites for hydroxylation is 1. The summed E-state index contributed by atoms with van der Waals surface area (Å²) in [6.45, 7) is 2.06. The zero-order valence-electron chi connectivity index (χ0n) is 14.6. The number of hydrogen-bond donors (Lipinski definition) is 2. The highest BCUT2D eigenvalue weighted by Gasteiger charge is 2.72. The third kappa shape index (κ3) is 2.06. The Morgan fingerprint density at radius 3 is 2.12 bits per heavy atom. The molecule has 0 saturated heterocycles. The maximum atomic E-state index is 13.2. The summed E-state index contributed by atoms with van der Waals surface area (Å²) < 4.78 is 0. The van der Waals surface area contributed by atoms with Crippen LogP contribution in [-0.2, 0) is 15.1 Å². The Kier molecular flexibility index (Phi) is 3.00. The molecule has 0 aliphatic heterocycles. The van der Waals surface area contributed by atoms with Gasteiger partial charge in [0.1, 0.15) is 0 Å². The van der Waals surface area contributed by atoms with Gasteiger partial charge in [-0.15, -0.1) is 0 Å². The van der Waals surface area contributed by atoms with Gasteiger partial charge >= 0.3 is 5.97 Å². The summed E-state index contributed by atoms with van der Waals surface area (Å²) in [6, 6.07) is 8.36. The van der Waals surface area contributed by atoms with Crippen LogP contribution in [0.1, 0.15) is 49.7 Å². The predicted octanol–water partition coefficient (Wildman–Crippen LogP) is 3.24. The molecule has 4 aliphatic rings. The average molecular weight is 339 g/mol. The van der Waals surface area contributed by atoms with Gasteiger partial charge in [-0.1, -0.05) is 29.8 Å². The Bertz CT molecular complexity index is 745. The Labute approximate surface area is 148 Å². The summed E-state index contributed by atoms with van der Waals surface area (Å²) >= 11 is 0. The second-order valence-corrected chi connectivity index (χ2v) is 8.85. The molecule has 4 nitrogen and oxygen atoms in total. The summed E-state index contributed by atoms with van der Waals surface area (Å²) in [5.41, 5.74) is 2.29. The van der Waals surface area contributed by atoms with Crippen molar-refractivity contribution in [3.8, 4) is 0 Å². The minimum atomic E-state index is -0.765. The van der Waals surface area contributed by atoms with E-state index in [0.717, 1.165) is 44.1 Å². The monoisotopic (exact) mass is 339 g/mol. The molecule has 132 valence electrons. The molecule has 4 heteroatoms. The Morgan fingerprint density at radius 2 is 1.60 bits per heavy atom. The summed E-state index contributed by atoms with van der Waals surface area (Å²) in [4.78, 5) is 25.1. The summed E-state index contributed by atoms with van der Waals surface area (Å²) in [5.74, 6) is -1.08. The lowest BCUT2D eigenvalue weighted by atomic mass is 9.78. The summed E-state index contributed by atoms with van der Waals surface area (Å²) in [6.07, 6.45) is 6.17. The van der Waals surface area contributed by atoms with Gasteiger partial charge in [0.05, 0.1) is 17.4 Å². The van der Waals surface area contributed by atoms with E-state index in [4.69, 9.17) is 0 Å². The lowest BCUT2D eigenvalue weighted by Crippen LogP contribution is -2.45. The van der Waals surface area contributed by atoms with E-state index in [9.17, 15) is 14.7 Å². The fourth-order valence-electron chi connectivity index (χ4n) is 6.14. The van der Waals surface area contributed by atoms with Crippen molar-refractivity contribution in [3.63, 3.8) is 0 Å².